The molecule has 57 heavy (non-hydrogen) atoms. The average Bonchev–Trinajstić information content (AvgIpc) is 3.17. The van der Waals surface area contributed by atoms with Crippen LogP contribution in [0.5, 0.6) is 0 Å². The van der Waals surface area contributed by atoms with Gasteiger partial charge in [0.15, 0.2) is 0 Å². The Balaban J connectivity index is 0.000000387. The standard InChI is InChI=1S/2C24H36O3S.Ca/c2*1-2-3-4-5-6-7-8-9-10-11-12-13-14-21-15-16-23-20-24(28(25,26)27)18-17-22(23)19-21;/h2*15-20H,2-14H2,1H3,(H,25,26,27);/q;;+2/p-2. The Morgan fingerprint density at radius 2 is 0.596 bits per heavy atom. The number of hydrogen-bond acceptors (Lipinski definition) is 6. The zero-order valence-corrected chi connectivity index (χ0v) is 39.1. The van der Waals surface area contributed by atoms with Gasteiger partial charge in [0.25, 0.3) is 0 Å². The fraction of sp³-hybridized carbons (Fsp3) is 0.583. The molecule has 4 rings (SSSR count). The van der Waals surface area contributed by atoms with Gasteiger partial charge in [-0.25, -0.2) is 16.8 Å². The Morgan fingerprint density at radius 3 is 0.877 bits per heavy atom. The molecule has 0 fully saturated rings. The second-order valence-electron chi connectivity index (χ2n) is 15.9. The van der Waals surface area contributed by atoms with Crippen LogP contribution in [0.15, 0.2) is 82.6 Å². The molecule has 0 aliphatic rings. The SMILES string of the molecule is CCCCCCCCCCCCCCc1ccc2cc(S(=O)(=O)[O-])ccc2c1.CCCCCCCCCCCCCCc1ccc2cc(S(=O)(=O)[O-])ccc2c1.[Ca+2]. The minimum atomic E-state index is -4.39. The van der Waals surface area contributed by atoms with Gasteiger partial charge in [0.1, 0.15) is 20.2 Å². The molecule has 0 atom stereocenters. The Bertz CT molecular complexity index is 1770. The van der Waals surface area contributed by atoms with E-state index < -0.39 is 20.2 Å². The molecule has 0 saturated heterocycles. The maximum Gasteiger partial charge on any atom is 2.00 e. The number of benzene rings is 4. The van der Waals surface area contributed by atoms with Crippen molar-refractivity contribution in [1.82, 2.24) is 0 Å². The van der Waals surface area contributed by atoms with Crippen molar-refractivity contribution >= 4 is 79.5 Å². The van der Waals surface area contributed by atoms with Gasteiger partial charge in [0.05, 0.1) is 9.79 Å². The van der Waals surface area contributed by atoms with Crippen molar-refractivity contribution in [3.05, 3.63) is 83.9 Å². The van der Waals surface area contributed by atoms with Crippen molar-refractivity contribution in [2.75, 3.05) is 0 Å². The summed E-state index contributed by atoms with van der Waals surface area (Å²) in [6, 6.07) is 21.3. The Morgan fingerprint density at radius 1 is 0.351 bits per heavy atom. The molecule has 0 unspecified atom stereocenters. The first-order chi connectivity index (χ1) is 27.0. The fourth-order valence-electron chi connectivity index (χ4n) is 7.51. The van der Waals surface area contributed by atoms with Crippen LogP contribution in [-0.4, -0.2) is 63.7 Å². The van der Waals surface area contributed by atoms with E-state index in [1.54, 1.807) is 12.1 Å². The second kappa shape index (κ2) is 29.7. The summed E-state index contributed by atoms with van der Waals surface area (Å²) in [6.45, 7) is 4.53. The van der Waals surface area contributed by atoms with E-state index in [0.29, 0.717) is 0 Å². The number of hydrogen-bond donors (Lipinski definition) is 0. The van der Waals surface area contributed by atoms with Gasteiger partial charge in [-0.05, 0) is 82.6 Å². The van der Waals surface area contributed by atoms with Crippen molar-refractivity contribution in [2.24, 2.45) is 0 Å². The van der Waals surface area contributed by atoms with Gasteiger partial charge in [-0.3, -0.25) is 0 Å². The summed E-state index contributed by atoms with van der Waals surface area (Å²) in [7, 11) is -8.78. The first-order valence-electron chi connectivity index (χ1n) is 22.0. The molecule has 312 valence electrons. The smallest absolute Gasteiger partial charge is 0.744 e. The molecule has 6 nitrogen and oxygen atoms in total. The molecule has 9 heteroatoms. The zero-order chi connectivity index (χ0) is 40.5. The second-order valence-corrected chi connectivity index (χ2v) is 18.6. The van der Waals surface area contributed by atoms with E-state index in [-0.39, 0.29) is 47.5 Å². The van der Waals surface area contributed by atoms with Gasteiger partial charge in [0, 0.05) is 0 Å². The van der Waals surface area contributed by atoms with E-state index in [2.05, 4.69) is 26.0 Å². The van der Waals surface area contributed by atoms with Crippen LogP contribution in [0.4, 0.5) is 0 Å². The van der Waals surface area contributed by atoms with E-state index in [1.807, 2.05) is 24.3 Å². The predicted molar refractivity (Wildman–Crippen MR) is 239 cm³/mol. The van der Waals surface area contributed by atoms with Crippen LogP contribution in [0.1, 0.15) is 179 Å². The summed E-state index contributed by atoms with van der Waals surface area (Å²) < 4.78 is 66.8. The molecular formula is C48H70CaO6S2. The van der Waals surface area contributed by atoms with E-state index in [1.165, 1.54) is 189 Å². The molecule has 0 aromatic heterocycles. The molecule has 0 N–H and O–H groups in total. The summed E-state index contributed by atoms with van der Waals surface area (Å²) in [6.07, 6.45) is 34.5. The van der Waals surface area contributed by atoms with Crippen LogP contribution in [0.25, 0.3) is 21.5 Å². The zero-order valence-electron chi connectivity index (χ0n) is 35.3. The molecule has 0 bridgehead atoms. The van der Waals surface area contributed by atoms with Gasteiger partial charge >= 0.3 is 37.7 Å². The van der Waals surface area contributed by atoms with E-state index in [4.69, 9.17) is 0 Å². The molecule has 0 heterocycles. The minimum absolute atomic E-state index is 0. The number of fused-ring (bicyclic) bond motifs is 2. The third-order valence-corrected chi connectivity index (χ3v) is 12.6. The number of unbranched alkanes of at least 4 members (excludes halogenated alkanes) is 22. The molecule has 0 amide bonds. The van der Waals surface area contributed by atoms with Gasteiger partial charge in [-0.2, -0.15) is 0 Å². The minimum Gasteiger partial charge on any atom is -0.744 e. The van der Waals surface area contributed by atoms with Crippen molar-refractivity contribution in [3.8, 4) is 0 Å². The monoisotopic (exact) mass is 846 g/mol. The van der Waals surface area contributed by atoms with Gasteiger partial charge in [-0.1, -0.05) is 204 Å². The molecule has 0 aliphatic heterocycles. The van der Waals surface area contributed by atoms with E-state index in [0.717, 1.165) is 34.4 Å². The van der Waals surface area contributed by atoms with Crippen LogP contribution in [0.3, 0.4) is 0 Å². The Kier molecular flexibility index (Phi) is 26.9. The van der Waals surface area contributed by atoms with Crippen LogP contribution in [-0.2, 0) is 33.1 Å². The largest absolute Gasteiger partial charge is 2.00 e. The summed E-state index contributed by atoms with van der Waals surface area (Å²) in [5.74, 6) is 0. The van der Waals surface area contributed by atoms with Crippen LogP contribution >= 0.6 is 0 Å². The average molecular weight is 847 g/mol. The van der Waals surface area contributed by atoms with Gasteiger partial charge in [-0.15, -0.1) is 0 Å². The first-order valence-corrected chi connectivity index (χ1v) is 24.8. The maximum absolute atomic E-state index is 11.1. The third kappa shape index (κ3) is 22.1. The summed E-state index contributed by atoms with van der Waals surface area (Å²) in [4.78, 5) is -0.317. The van der Waals surface area contributed by atoms with Crippen LogP contribution in [0, 0.1) is 0 Å². The van der Waals surface area contributed by atoms with Gasteiger partial charge < -0.3 is 9.11 Å². The number of rotatable bonds is 28. The van der Waals surface area contributed by atoms with E-state index >= 15 is 0 Å². The van der Waals surface area contributed by atoms with Crippen LogP contribution < -0.4 is 0 Å². The van der Waals surface area contributed by atoms with Crippen LogP contribution in [0.2, 0.25) is 0 Å². The Hall–Kier alpha value is -1.52. The topological polar surface area (TPSA) is 114 Å². The normalized spacial score (nSPS) is 11.7. The molecule has 0 saturated carbocycles. The van der Waals surface area contributed by atoms with Crippen molar-refractivity contribution in [2.45, 2.75) is 191 Å². The first kappa shape index (κ1) is 51.6. The molecular weight excluding hydrogens is 777 g/mol. The Labute approximate surface area is 376 Å². The van der Waals surface area contributed by atoms with E-state index in [9.17, 15) is 25.9 Å². The molecule has 0 aliphatic carbocycles. The van der Waals surface area contributed by atoms with Crippen molar-refractivity contribution < 1.29 is 25.9 Å². The van der Waals surface area contributed by atoms with Crippen molar-refractivity contribution in [3.63, 3.8) is 0 Å². The quantitative estimate of drug-likeness (QED) is 0.0319. The fourth-order valence-corrected chi connectivity index (χ4v) is 8.52. The van der Waals surface area contributed by atoms with Crippen molar-refractivity contribution in [1.29, 1.82) is 0 Å². The summed E-state index contributed by atoms with van der Waals surface area (Å²) in [5.41, 5.74) is 2.55. The van der Waals surface area contributed by atoms with Gasteiger partial charge in [0.2, 0.25) is 0 Å². The maximum atomic E-state index is 11.1. The summed E-state index contributed by atoms with van der Waals surface area (Å²) in [5, 5.41) is 3.58. The molecule has 0 radical (unpaired) electrons. The third-order valence-electron chi connectivity index (χ3n) is 11.0. The predicted octanol–water partition coefficient (Wildman–Crippen LogP) is 13.6. The number of aryl methyl sites for hydroxylation is 2. The summed E-state index contributed by atoms with van der Waals surface area (Å²) >= 11 is 0. The molecule has 0 spiro atoms. The molecule has 4 aromatic carbocycles. The molecule has 4 aromatic rings.